The molecule has 2 heterocycles. The summed E-state index contributed by atoms with van der Waals surface area (Å²) < 4.78 is 30.5. The zero-order valence-electron chi connectivity index (χ0n) is 16.8. The number of sulfonamides is 1. The van der Waals surface area contributed by atoms with E-state index in [-0.39, 0.29) is 9.77 Å². The lowest BCUT2D eigenvalue weighted by Crippen LogP contribution is -2.40. The van der Waals surface area contributed by atoms with Crippen LogP contribution in [0.15, 0.2) is 27.9 Å². The predicted molar refractivity (Wildman–Crippen MR) is 116 cm³/mol. The summed E-state index contributed by atoms with van der Waals surface area (Å²) in [5, 5.41) is 0. The van der Waals surface area contributed by atoms with Gasteiger partial charge in [-0.1, -0.05) is 31.6 Å². The van der Waals surface area contributed by atoms with Crippen molar-refractivity contribution in [3.05, 3.63) is 27.9 Å². The first-order valence-electron chi connectivity index (χ1n) is 10.3. The second-order valence-corrected chi connectivity index (χ2v) is 10.3. The van der Waals surface area contributed by atoms with Crippen molar-refractivity contribution in [3.63, 3.8) is 0 Å². The topological polar surface area (TPSA) is 71.4 Å². The highest BCUT2D eigenvalue weighted by atomic mass is 32.2. The van der Waals surface area contributed by atoms with Crippen molar-refractivity contribution in [1.82, 2.24) is 14.2 Å². The Balaban J connectivity index is 1.62. The summed E-state index contributed by atoms with van der Waals surface area (Å²) in [6.45, 7) is 7.38. The Morgan fingerprint density at radius 1 is 1.21 bits per heavy atom. The van der Waals surface area contributed by atoms with Gasteiger partial charge in [0, 0.05) is 19.1 Å². The van der Waals surface area contributed by atoms with E-state index in [1.165, 1.54) is 19.3 Å². The molecule has 1 aromatic heterocycles. The van der Waals surface area contributed by atoms with E-state index < -0.39 is 10.0 Å². The highest BCUT2D eigenvalue weighted by molar-refractivity contribution is 7.89. The summed E-state index contributed by atoms with van der Waals surface area (Å²) in [7, 11) is -3.56. The van der Waals surface area contributed by atoms with Gasteiger partial charge in [-0.15, -0.1) is 0 Å². The molecule has 1 unspecified atom stereocenters. The van der Waals surface area contributed by atoms with Crippen molar-refractivity contribution in [2.24, 2.45) is 0 Å². The number of thiazole rings is 1. The lowest BCUT2D eigenvalue weighted by Gasteiger charge is -2.35. The van der Waals surface area contributed by atoms with Crippen LogP contribution in [-0.2, 0) is 16.6 Å². The molecule has 1 aliphatic rings. The van der Waals surface area contributed by atoms with E-state index >= 15 is 0 Å². The number of aromatic nitrogens is 1. The first-order valence-corrected chi connectivity index (χ1v) is 12.6. The number of hydrogen-bond acceptors (Lipinski definition) is 5. The molecule has 6 nitrogen and oxygen atoms in total. The molecule has 8 heteroatoms. The summed E-state index contributed by atoms with van der Waals surface area (Å²) in [4.78, 5) is 14.8. The zero-order chi connectivity index (χ0) is 20.1. The lowest BCUT2D eigenvalue weighted by atomic mass is 10.00. The number of fused-ring (bicyclic) bond motifs is 1. The molecule has 2 aromatic rings. The third-order valence-electron chi connectivity index (χ3n) is 5.53. The van der Waals surface area contributed by atoms with E-state index in [4.69, 9.17) is 0 Å². The minimum atomic E-state index is -3.56. The van der Waals surface area contributed by atoms with Crippen LogP contribution in [0.4, 0.5) is 0 Å². The maximum atomic E-state index is 12.7. The first-order chi connectivity index (χ1) is 13.5. The van der Waals surface area contributed by atoms with Crippen LogP contribution >= 0.6 is 11.3 Å². The highest BCUT2D eigenvalue weighted by Crippen LogP contribution is 2.22. The molecule has 0 radical (unpaired) electrons. The molecule has 28 heavy (non-hydrogen) atoms. The molecular formula is C20H31N3O3S2. The molecule has 0 saturated carbocycles. The van der Waals surface area contributed by atoms with Crippen LogP contribution in [0.25, 0.3) is 10.2 Å². The fourth-order valence-electron chi connectivity index (χ4n) is 4.04. The minimum Gasteiger partial charge on any atom is -0.300 e. The molecule has 1 fully saturated rings. The standard InChI is InChI=1S/C20H31N3O3S2/c1-3-12-23-18-10-9-17(15-19(18)27-20(23)24)28(25,26)21-11-7-14-22-13-6-5-8-16(22)4-2/h9-10,15-16,21H,3-8,11-14H2,1-2H3. The zero-order valence-corrected chi connectivity index (χ0v) is 18.4. The molecule has 0 amide bonds. The summed E-state index contributed by atoms with van der Waals surface area (Å²) >= 11 is 1.11. The van der Waals surface area contributed by atoms with Crippen molar-refractivity contribution in [1.29, 1.82) is 0 Å². The molecule has 0 spiro atoms. The van der Waals surface area contributed by atoms with E-state index in [1.54, 1.807) is 22.8 Å². The van der Waals surface area contributed by atoms with Crippen molar-refractivity contribution in [2.45, 2.75) is 69.9 Å². The molecule has 156 valence electrons. The molecule has 1 N–H and O–H groups in total. The van der Waals surface area contributed by atoms with E-state index in [1.807, 2.05) is 6.92 Å². The van der Waals surface area contributed by atoms with Gasteiger partial charge in [0.1, 0.15) is 0 Å². The van der Waals surface area contributed by atoms with E-state index in [0.29, 0.717) is 19.1 Å². The molecule has 0 bridgehead atoms. The minimum absolute atomic E-state index is 0.0358. The third-order valence-corrected chi connectivity index (χ3v) is 7.93. The van der Waals surface area contributed by atoms with E-state index in [0.717, 1.165) is 53.9 Å². The average Bonchev–Trinajstić information content (AvgIpc) is 3.00. The van der Waals surface area contributed by atoms with Gasteiger partial charge in [-0.05, 0) is 63.4 Å². The van der Waals surface area contributed by atoms with Gasteiger partial charge in [-0.25, -0.2) is 13.1 Å². The number of likely N-dealkylation sites (tertiary alicyclic amines) is 1. The Labute approximate surface area is 171 Å². The number of nitrogens with one attached hydrogen (secondary N) is 1. The van der Waals surface area contributed by atoms with Gasteiger partial charge in [-0.3, -0.25) is 9.36 Å². The first kappa shape index (κ1) is 21.5. The Morgan fingerprint density at radius 3 is 2.79 bits per heavy atom. The van der Waals surface area contributed by atoms with E-state index in [2.05, 4.69) is 16.5 Å². The Hall–Kier alpha value is -1.22. The molecule has 1 aliphatic heterocycles. The smallest absolute Gasteiger partial charge is 0.300 e. The second kappa shape index (κ2) is 9.52. The van der Waals surface area contributed by atoms with Crippen LogP contribution in [0.3, 0.4) is 0 Å². The van der Waals surface area contributed by atoms with Crippen molar-refractivity contribution < 1.29 is 8.42 Å². The molecule has 3 rings (SSSR count). The van der Waals surface area contributed by atoms with Crippen LogP contribution in [0, 0.1) is 0 Å². The fraction of sp³-hybridized carbons (Fsp3) is 0.650. The number of nitrogens with zero attached hydrogens (tertiary/aromatic N) is 2. The van der Waals surface area contributed by atoms with Gasteiger partial charge in [-0.2, -0.15) is 0 Å². The summed E-state index contributed by atoms with van der Waals surface area (Å²) in [5.41, 5.74) is 0.812. The normalized spacial score (nSPS) is 18.7. The predicted octanol–water partition coefficient (Wildman–Crippen LogP) is 3.41. The average molecular weight is 426 g/mol. The number of hydrogen-bond donors (Lipinski definition) is 1. The van der Waals surface area contributed by atoms with Gasteiger partial charge in [0.05, 0.1) is 15.1 Å². The van der Waals surface area contributed by atoms with Crippen LogP contribution < -0.4 is 9.60 Å². The van der Waals surface area contributed by atoms with Crippen LogP contribution in [0.1, 0.15) is 52.4 Å². The lowest BCUT2D eigenvalue weighted by molar-refractivity contribution is 0.143. The Kier molecular flexibility index (Phi) is 7.31. The van der Waals surface area contributed by atoms with Crippen molar-refractivity contribution >= 4 is 31.6 Å². The molecular weight excluding hydrogens is 394 g/mol. The van der Waals surface area contributed by atoms with Crippen LogP contribution in [0.2, 0.25) is 0 Å². The number of benzene rings is 1. The SMILES string of the molecule is CCCn1c(=O)sc2cc(S(=O)(=O)NCCCN3CCCCC3CC)ccc21. The van der Waals surface area contributed by atoms with Crippen molar-refractivity contribution in [3.8, 4) is 0 Å². The second-order valence-electron chi connectivity index (χ2n) is 7.49. The van der Waals surface area contributed by atoms with Gasteiger partial charge >= 0.3 is 4.87 Å². The fourth-order valence-corrected chi connectivity index (χ4v) is 6.17. The maximum Gasteiger partial charge on any atom is 0.308 e. The largest absolute Gasteiger partial charge is 0.308 e. The van der Waals surface area contributed by atoms with Gasteiger partial charge < -0.3 is 4.90 Å². The van der Waals surface area contributed by atoms with E-state index in [9.17, 15) is 13.2 Å². The van der Waals surface area contributed by atoms with Gasteiger partial charge in [0.2, 0.25) is 10.0 Å². The van der Waals surface area contributed by atoms with Gasteiger partial charge in [0.25, 0.3) is 0 Å². The molecule has 1 atom stereocenters. The molecule has 1 aromatic carbocycles. The molecule has 1 saturated heterocycles. The highest BCUT2D eigenvalue weighted by Gasteiger charge is 2.21. The Bertz CT molecular complexity index is 949. The van der Waals surface area contributed by atoms with Crippen molar-refractivity contribution in [2.75, 3.05) is 19.6 Å². The summed E-state index contributed by atoms with van der Waals surface area (Å²) in [5.74, 6) is 0. The van der Waals surface area contributed by atoms with Crippen LogP contribution in [-0.4, -0.2) is 43.6 Å². The quantitative estimate of drug-likeness (QED) is 0.625. The van der Waals surface area contributed by atoms with Crippen LogP contribution in [0.5, 0.6) is 0 Å². The maximum absolute atomic E-state index is 12.7. The number of rotatable bonds is 9. The summed E-state index contributed by atoms with van der Waals surface area (Å²) in [6, 6.07) is 5.61. The van der Waals surface area contributed by atoms with Gasteiger partial charge in [0.15, 0.2) is 0 Å². The number of aryl methyl sites for hydroxylation is 1. The molecule has 0 aliphatic carbocycles. The summed E-state index contributed by atoms with van der Waals surface area (Å²) in [6.07, 6.45) is 6.62. The number of piperidine rings is 1. The monoisotopic (exact) mass is 425 g/mol. The third kappa shape index (κ3) is 4.84. The Morgan fingerprint density at radius 2 is 2.04 bits per heavy atom.